The zero-order chi connectivity index (χ0) is 27.1. The average Bonchev–Trinajstić information content (AvgIpc) is 3.48. The molecule has 3 aromatic heterocycles. The summed E-state index contributed by atoms with van der Waals surface area (Å²) in [4.78, 5) is 45.8. The van der Waals surface area contributed by atoms with Crippen LogP contribution in [0.1, 0.15) is 51.8 Å². The number of carbonyl (C=O) groups excluding carboxylic acids is 1. The molecule has 0 radical (unpaired) electrons. The molecule has 1 atom stereocenters. The Bertz CT molecular complexity index is 1560. The molecule has 0 N–H and O–H groups in total. The minimum Gasteiger partial charge on any atom is -0.496 e. The maximum absolute atomic E-state index is 14.0. The molecule has 0 spiro atoms. The summed E-state index contributed by atoms with van der Waals surface area (Å²) in [7, 11) is 1.58. The van der Waals surface area contributed by atoms with Gasteiger partial charge in [-0.15, -0.1) is 11.3 Å². The number of nitrogens with zero attached hydrogens (tertiary/aromatic N) is 3. The normalized spacial score (nSPS) is 12.9. The summed E-state index contributed by atoms with van der Waals surface area (Å²) in [5, 5.41) is 0.343. The number of ketones is 1. The Morgan fingerprint density at radius 2 is 1.92 bits per heavy atom. The molecule has 0 aliphatic carbocycles. The molecule has 9 nitrogen and oxygen atoms in total. The van der Waals surface area contributed by atoms with E-state index < -0.39 is 22.9 Å². The monoisotopic (exact) mass is 525 g/mol. The van der Waals surface area contributed by atoms with E-state index in [1.54, 1.807) is 27.9 Å². The van der Waals surface area contributed by atoms with Crippen molar-refractivity contribution in [2.24, 2.45) is 0 Å². The predicted molar refractivity (Wildman–Crippen MR) is 143 cm³/mol. The molecule has 0 saturated carbocycles. The molecule has 10 heteroatoms. The first kappa shape index (κ1) is 26.6. The topological polar surface area (TPSA) is 106 Å². The number of carbonyl (C=O) groups is 1. The zero-order valence-corrected chi connectivity index (χ0v) is 22.8. The van der Waals surface area contributed by atoms with Gasteiger partial charge in [0.25, 0.3) is 5.56 Å². The third kappa shape index (κ3) is 4.67. The SMILES string of the molecule is COc1ccccc1[C@H](Cn1c(=O)n(C(C)(C)C(C)=O)c(=O)c2c(C)c(-c3ncco3)sc21)OC(C)C. The molecule has 0 amide bonds. The van der Waals surface area contributed by atoms with E-state index in [9.17, 15) is 14.4 Å². The van der Waals surface area contributed by atoms with Gasteiger partial charge in [0.05, 0.1) is 36.2 Å². The number of para-hydroxylation sites is 1. The third-order valence-corrected chi connectivity index (χ3v) is 7.83. The summed E-state index contributed by atoms with van der Waals surface area (Å²) >= 11 is 1.25. The van der Waals surface area contributed by atoms with Gasteiger partial charge in [-0.25, -0.2) is 14.3 Å². The number of Topliss-reactive ketones (excluding diaryl/α,β-unsaturated/α-hetero) is 1. The van der Waals surface area contributed by atoms with Crippen LogP contribution in [0.3, 0.4) is 0 Å². The minimum absolute atomic E-state index is 0.0904. The van der Waals surface area contributed by atoms with E-state index >= 15 is 0 Å². The Labute approximate surface area is 218 Å². The second-order valence-electron chi connectivity index (χ2n) is 9.64. The van der Waals surface area contributed by atoms with E-state index in [0.29, 0.717) is 32.3 Å². The van der Waals surface area contributed by atoms with Crippen LogP contribution in [0.5, 0.6) is 5.75 Å². The Hall–Kier alpha value is -3.50. The first-order chi connectivity index (χ1) is 17.5. The number of oxazole rings is 1. The first-order valence-corrected chi connectivity index (χ1v) is 12.8. The molecule has 0 fully saturated rings. The summed E-state index contributed by atoms with van der Waals surface area (Å²) in [6.07, 6.45) is 2.25. The van der Waals surface area contributed by atoms with Crippen molar-refractivity contribution in [1.82, 2.24) is 14.1 Å². The lowest BCUT2D eigenvalue weighted by Crippen LogP contribution is -2.52. The highest BCUT2D eigenvalue weighted by molar-refractivity contribution is 7.22. The number of hydrogen-bond donors (Lipinski definition) is 0. The molecule has 0 unspecified atom stereocenters. The van der Waals surface area contributed by atoms with E-state index in [-0.39, 0.29) is 18.4 Å². The van der Waals surface area contributed by atoms with Crippen molar-refractivity contribution < 1.29 is 18.7 Å². The van der Waals surface area contributed by atoms with Crippen molar-refractivity contribution in [3.63, 3.8) is 0 Å². The van der Waals surface area contributed by atoms with Crippen molar-refractivity contribution >= 4 is 27.3 Å². The highest BCUT2D eigenvalue weighted by Gasteiger charge is 2.34. The highest BCUT2D eigenvalue weighted by Crippen LogP contribution is 2.37. The molecule has 4 rings (SSSR count). The van der Waals surface area contributed by atoms with Crippen LogP contribution in [0.15, 0.2) is 50.7 Å². The Morgan fingerprint density at radius 1 is 1.22 bits per heavy atom. The van der Waals surface area contributed by atoms with Gasteiger partial charge in [-0.2, -0.15) is 0 Å². The van der Waals surface area contributed by atoms with Gasteiger partial charge in [0.15, 0.2) is 5.78 Å². The first-order valence-electron chi connectivity index (χ1n) is 12.0. The Kier molecular flexibility index (Phi) is 7.25. The van der Waals surface area contributed by atoms with Gasteiger partial charge in [-0.3, -0.25) is 14.2 Å². The van der Waals surface area contributed by atoms with E-state index in [1.165, 1.54) is 35.3 Å². The Balaban J connectivity index is 2.06. The zero-order valence-electron chi connectivity index (χ0n) is 22.0. The molecule has 37 heavy (non-hydrogen) atoms. The number of rotatable bonds is 9. The lowest BCUT2D eigenvalue weighted by atomic mass is 10.00. The number of methoxy groups -OCH3 is 1. The molecule has 3 heterocycles. The van der Waals surface area contributed by atoms with Gasteiger partial charge in [0, 0.05) is 5.56 Å². The number of fused-ring (bicyclic) bond motifs is 1. The largest absolute Gasteiger partial charge is 0.496 e. The van der Waals surface area contributed by atoms with Gasteiger partial charge < -0.3 is 13.9 Å². The van der Waals surface area contributed by atoms with Gasteiger partial charge in [-0.1, -0.05) is 18.2 Å². The molecule has 0 aliphatic heterocycles. The molecule has 4 aromatic rings. The van der Waals surface area contributed by atoms with E-state index in [4.69, 9.17) is 13.9 Å². The molecular weight excluding hydrogens is 494 g/mol. The van der Waals surface area contributed by atoms with E-state index in [0.717, 1.165) is 10.1 Å². The fourth-order valence-electron chi connectivity index (χ4n) is 4.34. The van der Waals surface area contributed by atoms with Crippen LogP contribution in [0.25, 0.3) is 21.0 Å². The van der Waals surface area contributed by atoms with Crippen LogP contribution < -0.4 is 16.0 Å². The average molecular weight is 526 g/mol. The van der Waals surface area contributed by atoms with Crippen LogP contribution >= 0.6 is 11.3 Å². The number of thiophene rings is 1. The van der Waals surface area contributed by atoms with Crippen LogP contribution in [0.2, 0.25) is 0 Å². The van der Waals surface area contributed by atoms with Crippen LogP contribution in [-0.2, 0) is 21.6 Å². The highest BCUT2D eigenvalue weighted by atomic mass is 32.1. The maximum atomic E-state index is 14.0. The van der Waals surface area contributed by atoms with Gasteiger partial charge >= 0.3 is 5.69 Å². The summed E-state index contributed by atoms with van der Waals surface area (Å²) in [6, 6.07) is 7.46. The second kappa shape index (κ2) is 10.1. The van der Waals surface area contributed by atoms with Crippen molar-refractivity contribution in [1.29, 1.82) is 0 Å². The van der Waals surface area contributed by atoms with Crippen LogP contribution in [0.4, 0.5) is 0 Å². The standard InChI is InChI=1S/C27H31N3O6S/c1-15(2)36-20(18-10-8-9-11-19(18)34-7)14-29-25-21(16(3)22(37-25)23-28-12-13-35-23)24(32)30(26(29)33)27(5,6)17(4)31/h8-13,15,20H,14H2,1-7H3/t20-/m0/s1. The van der Waals surface area contributed by atoms with Crippen molar-refractivity contribution in [3.05, 3.63) is 68.7 Å². The number of benzene rings is 1. The van der Waals surface area contributed by atoms with Gasteiger partial charge in [0.1, 0.15) is 28.5 Å². The minimum atomic E-state index is -1.36. The van der Waals surface area contributed by atoms with Crippen LogP contribution in [0, 0.1) is 6.92 Å². The quantitative estimate of drug-likeness (QED) is 0.312. The number of aromatic nitrogens is 3. The third-order valence-electron chi connectivity index (χ3n) is 6.53. The molecular formula is C27H31N3O6S. The predicted octanol–water partition coefficient (Wildman–Crippen LogP) is 4.69. The van der Waals surface area contributed by atoms with E-state index in [1.807, 2.05) is 38.1 Å². The molecule has 1 aromatic carbocycles. The molecule has 0 bridgehead atoms. The Morgan fingerprint density at radius 3 is 2.51 bits per heavy atom. The van der Waals surface area contributed by atoms with Crippen LogP contribution in [-0.4, -0.2) is 33.1 Å². The summed E-state index contributed by atoms with van der Waals surface area (Å²) in [6.45, 7) is 10.2. The van der Waals surface area contributed by atoms with Gasteiger partial charge in [0.2, 0.25) is 5.89 Å². The molecule has 0 saturated heterocycles. The fourth-order valence-corrected chi connectivity index (χ4v) is 5.58. The van der Waals surface area contributed by atoms with Crippen molar-refractivity contribution in [2.75, 3.05) is 7.11 Å². The summed E-state index contributed by atoms with van der Waals surface area (Å²) in [5.41, 5.74) is -1.08. The smallest absolute Gasteiger partial charge is 0.333 e. The lowest BCUT2D eigenvalue weighted by Gasteiger charge is -2.27. The fraction of sp³-hybridized carbons (Fsp3) is 0.407. The summed E-state index contributed by atoms with van der Waals surface area (Å²) in [5.74, 6) is 0.671. The summed E-state index contributed by atoms with van der Waals surface area (Å²) < 4.78 is 19.9. The van der Waals surface area contributed by atoms with Gasteiger partial charge in [-0.05, 0) is 53.2 Å². The second-order valence-corrected chi connectivity index (χ2v) is 10.6. The van der Waals surface area contributed by atoms with E-state index in [2.05, 4.69) is 4.98 Å². The molecule has 0 aliphatic rings. The number of hydrogen-bond acceptors (Lipinski definition) is 8. The molecule has 196 valence electrons. The number of aryl methyl sites for hydroxylation is 1. The number of ether oxygens (including phenoxy) is 2. The maximum Gasteiger partial charge on any atom is 0.333 e. The lowest BCUT2D eigenvalue weighted by molar-refractivity contribution is -0.124. The van der Waals surface area contributed by atoms with Crippen molar-refractivity contribution in [3.8, 4) is 16.5 Å². The van der Waals surface area contributed by atoms with Crippen molar-refractivity contribution in [2.45, 2.75) is 65.8 Å².